The van der Waals surface area contributed by atoms with Crippen molar-refractivity contribution in [2.75, 3.05) is 38.3 Å². The molecule has 0 saturated carbocycles. The van der Waals surface area contributed by atoms with Crippen molar-refractivity contribution in [1.82, 2.24) is 19.9 Å². The topological polar surface area (TPSA) is 71.5 Å². The minimum Gasteiger partial charge on any atom is -0.378 e. The van der Waals surface area contributed by atoms with E-state index in [0.717, 1.165) is 39.6 Å². The number of pyridine rings is 1. The molecule has 1 aliphatic heterocycles. The van der Waals surface area contributed by atoms with E-state index in [1.165, 1.54) is 0 Å². The maximum Gasteiger partial charge on any atom is 0.219 e. The molecule has 1 aliphatic rings. The molecular weight excluding hydrogens is 362 g/mol. The number of ether oxygens (including phenoxy) is 1. The van der Waals surface area contributed by atoms with Crippen LogP contribution in [0.5, 0.6) is 0 Å². The molecule has 0 bridgehead atoms. The summed E-state index contributed by atoms with van der Waals surface area (Å²) < 4.78 is 5.50. The zero-order valence-electron chi connectivity index (χ0n) is 15.4. The number of carbonyl (C=O) groups excluding carboxylic acids is 1. The second-order valence-corrected chi connectivity index (χ2v) is 7.63. The lowest BCUT2D eigenvalue weighted by atomic mass is 10.2. The number of amides is 1. The number of fused-ring (bicyclic) bond motifs is 1. The van der Waals surface area contributed by atoms with Gasteiger partial charge in [-0.25, -0.2) is 9.97 Å². The van der Waals surface area contributed by atoms with Gasteiger partial charge in [0.05, 0.1) is 25.1 Å². The van der Waals surface area contributed by atoms with E-state index in [2.05, 4.69) is 16.0 Å². The molecule has 3 aromatic heterocycles. The van der Waals surface area contributed by atoms with Crippen LogP contribution in [0.1, 0.15) is 11.8 Å². The van der Waals surface area contributed by atoms with Crippen molar-refractivity contribution in [2.24, 2.45) is 0 Å². The number of rotatable bonds is 4. The highest BCUT2D eigenvalue weighted by Gasteiger charge is 2.20. The second-order valence-electron chi connectivity index (χ2n) is 6.52. The molecule has 0 atom stereocenters. The van der Waals surface area contributed by atoms with Gasteiger partial charge >= 0.3 is 0 Å². The zero-order chi connectivity index (χ0) is 18.8. The van der Waals surface area contributed by atoms with E-state index in [9.17, 15) is 4.79 Å². The molecule has 8 heteroatoms. The molecule has 0 aromatic carbocycles. The van der Waals surface area contributed by atoms with Gasteiger partial charge in [0.1, 0.15) is 10.6 Å². The van der Waals surface area contributed by atoms with Crippen molar-refractivity contribution in [3.63, 3.8) is 0 Å². The minimum absolute atomic E-state index is 0.0444. The Morgan fingerprint density at radius 2 is 2.15 bits per heavy atom. The molecule has 0 radical (unpaired) electrons. The summed E-state index contributed by atoms with van der Waals surface area (Å²) in [4.78, 5) is 31.4. The van der Waals surface area contributed by atoms with Crippen LogP contribution in [0.25, 0.3) is 21.6 Å². The van der Waals surface area contributed by atoms with Gasteiger partial charge in [0.2, 0.25) is 5.91 Å². The average molecular weight is 383 g/mol. The number of anilines is 1. The fraction of sp³-hybridized carbons (Fsp3) is 0.368. The number of hydrogen-bond acceptors (Lipinski definition) is 7. The van der Waals surface area contributed by atoms with Crippen molar-refractivity contribution < 1.29 is 9.53 Å². The van der Waals surface area contributed by atoms with Gasteiger partial charge in [-0.15, -0.1) is 11.3 Å². The van der Waals surface area contributed by atoms with E-state index in [4.69, 9.17) is 14.7 Å². The third-order valence-electron chi connectivity index (χ3n) is 4.58. The number of carbonyl (C=O) groups is 1. The standard InChI is InChI=1S/C19H21N5O2S/c1-13(25)23(2)12-15-10-16-18(24-6-8-26-9-7-24)21-17(22-19(16)27-15)14-4-3-5-20-11-14/h3-5,10-11H,6-9,12H2,1-2H3. The van der Waals surface area contributed by atoms with Gasteiger partial charge in [0, 0.05) is 49.9 Å². The van der Waals surface area contributed by atoms with E-state index in [1.807, 2.05) is 19.2 Å². The van der Waals surface area contributed by atoms with Crippen molar-refractivity contribution in [3.05, 3.63) is 35.5 Å². The summed E-state index contributed by atoms with van der Waals surface area (Å²) in [6.45, 7) is 5.14. The Kier molecular flexibility index (Phi) is 5.00. The number of morpholine rings is 1. The third-order valence-corrected chi connectivity index (χ3v) is 5.60. The molecule has 0 spiro atoms. The van der Waals surface area contributed by atoms with E-state index >= 15 is 0 Å². The van der Waals surface area contributed by atoms with Crippen molar-refractivity contribution in [1.29, 1.82) is 0 Å². The van der Waals surface area contributed by atoms with Gasteiger partial charge in [-0.05, 0) is 18.2 Å². The predicted octanol–water partition coefficient (Wildman–Crippen LogP) is 2.57. The molecule has 0 N–H and O–H groups in total. The van der Waals surface area contributed by atoms with Gasteiger partial charge in [-0.2, -0.15) is 0 Å². The summed E-state index contributed by atoms with van der Waals surface area (Å²) in [5.74, 6) is 1.64. The number of thiophene rings is 1. The SMILES string of the molecule is CC(=O)N(C)Cc1cc2c(N3CCOCC3)nc(-c3cccnc3)nc2s1. The maximum atomic E-state index is 11.6. The molecular formula is C19H21N5O2S. The maximum absolute atomic E-state index is 11.6. The minimum atomic E-state index is 0.0444. The van der Waals surface area contributed by atoms with Crippen molar-refractivity contribution in [3.8, 4) is 11.4 Å². The van der Waals surface area contributed by atoms with Gasteiger partial charge < -0.3 is 14.5 Å². The Balaban J connectivity index is 1.80. The summed E-state index contributed by atoms with van der Waals surface area (Å²) >= 11 is 1.61. The van der Waals surface area contributed by atoms with Crippen LogP contribution in [0.3, 0.4) is 0 Å². The van der Waals surface area contributed by atoms with Gasteiger partial charge in [-0.3, -0.25) is 9.78 Å². The summed E-state index contributed by atoms with van der Waals surface area (Å²) in [5.41, 5.74) is 0.893. The van der Waals surface area contributed by atoms with Crippen LogP contribution in [-0.2, 0) is 16.1 Å². The average Bonchev–Trinajstić information content (AvgIpc) is 3.10. The lowest BCUT2D eigenvalue weighted by Gasteiger charge is -2.28. The first-order valence-electron chi connectivity index (χ1n) is 8.87. The van der Waals surface area contributed by atoms with Crippen molar-refractivity contribution >= 4 is 33.3 Å². The molecule has 1 amide bonds. The summed E-state index contributed by atoms with van der Waals surface area (Å²) in [5, 5.41) is 1.03. The quantitative estimate of drug-likeness (QED) is 0.690. The lowest BCUT2D eigenvalue weighted by molar-refractivity contribution is -0.128. The van der Waals surface area contributed by atoms with E-state index in [-0.39, 0.29) is 5.91 Å². The first-order valence-corrected chi connectivity index (χ1v) is 9.69. The molecule has 0 aliphatic carbocycles. The third kappa shape index (κ3) is 3.77. The van der Waals surface area contributed by atoms with E-state index in [1.54, 1.807) is 35.6 Å². The second kappa shape index (κ2) is 7.58. The van der Waals surface area contributed by atoms with Crippen LogP contribution >= 0.6 is 11.3 Å². The molecule has 1 saturated heterocycles. The van der Waals surface area contributed by atoms with Crippen LogP contribution in [0.15, 0.2) is 30.6 Å². The van der Waals surface area contributed by atoms with Gasteiger partial charge in [0.15, 0.2) is 5.82 Å². The largest absolute Gasteiger partial charge is 0.378 e. The molecule has 4 rings (SSSR count). The molecule has 3 aromatic rings. The normalized spacial score (nSPS) is 14.5. The van der Waals surface area contributed by atoms with Crippen LogP contribution in [0, 0.1) is 0 Å². The molecule has 4 heterocycles. The Hall–Kier alpha value is -2.58. The van der Waals surface area contributed by atoms with E-state index < -0.39 is 0 Å². The van der Waals surface area contributed by atoms with Crippen LogP contribution in [0.2, 0.25) is 0 Å². The predicted molar refractivity (Wildman–Crippen MR) is 106 cm³/mol. The summed E-state index contributed by atoms with van der Waals surface area (Å²) in [6, 6.07) is 5.96. The Labute approximate surface area is 161 Å². The van der Waals surface area contributed by atoms with Gasteiger partial charge in [-0.1, -0.05) is 0 Å². The van der Waals surface area contributed by atoms with Crippen LogP contribution in [-0.4, -0.2) is 59.1 Å². The number of nitrogens with zero attached hydrogens (tertiary/aromatic N) is 5. The van der Waals surface area contributed by atoms with Crippen molar-refractivity contribution in [2.45, 2.75) is 13.5 Å². The van der Waals surface area contributed by atoms with Gasteiger partial charge in [0.25, 0.3) is 0 Å². The Morgan fingerprint density at radius 1 is 1.33 bits per heavy atom. The van der Waals surface area contributed by atoms with Crippen LogP contribution < -0.4 is 4.90 Å². The highest BCUT2D eigenvalue weighted by atomic mass is 32.1. The first kappa shape index (κ1) is 17.8. The summed E-state index contributed by atoms with van der Waals surface area (Å²) in [6.07, 6.45) is 3.52. The fourth-order valence-electron chi connectivity index (χ4n) is 3.02. The molecule has 0 unspecified atom stereocenters. The summed E-state index contributed by atoms with van der Waals surface area (Å²) in [7, 11) is 1.81. The monoisotopic (exact) mass is 383 g/mol. The highest BCUT2D eigenvalue weighted by molar-refractivity contribution is 7.18. The Morgan fingerprint density at radius 3 is 2.85 bits per heavy atom. The van der Waals surface area contributed by atoms with E-state index in [0.29, 0.717) is 25.6 Å². The molecule has 27 heavy (non-hydrogen) atoms. The van der Waals surface area contributed by atoms with Crippen LogP contribution in [0.4, 0.5) is 5.82 Å². The number of hydrogen-bond donors (Lipinski definition) is 0. The number of aromatic nitrogens is 3. The fourth-order valence-corrected chi connectivity index (χ4v) is 4.10. The first-order chi connectivity index (χ1) is 13.1. The molecule has 7 nitrogen and oxygen atoms in total. The lowest BCUT2D eigenvalue weighted by Crippen LogP contribution is -2.37. The smallest absolute Gasteiger partial charge is 0.219 e. The molecule has 1 fully saturated rings. The Bertz CT molecular complexity index is 953. The molecule has 140 valence electrons. The zero-order valence-corrected chi connectivity index (χ0v) is 16.2. The highest BCUT2D eigenvalue weighted by Crippen LogP contribution is 2.34.